The van der Waals surface area contributed by atoms with Crippen LogP contribution in [0.1, 0.15) is 48.8 Å². The summed E-state index contributed by atoms with van der Waals surface area (Å²) in [4.78, 5) is 39.4. The number of nitrogens with zero attached hydrogens (tertiary/aromatic N) is 2. The molecule has 1 aliphatic carbocycles. The van der Waals surface area contributed by atoms with Crippen molar-refractivity contribution in [2.45, 2.75) is 44.8 Å². The van der Waals surface area contributed by atoms with Crippen molar-refractivity contribution in [3.8, 4) is 17.6 Å². The van der Waals surface area contributed by atoms with Gasteiger partial charge in [0, 0.05) is 16.1 Å². The van der Waals surface area contributed by atoms with Crippen LogP contribution in [-0.4, -0.2) is 35.9 Å². The molecule has 2 aromatic carbocycles. The number of methoxy groups -OCH3 is 1. The second kappa shape index (κ2) is 10.7. The highest BCUT2D eigenvalue weighted by molar-refractivity contribution is 9.10. The number of benzene rings is 2. The number of halogens is 1. The first-order valence-corrected chi connectivity index (χ1v) is 12.1. The molecule has 2 aromatic rings. The van der Waals surface area contributed by atoms with E-state index in [2.05, 4.69) is 27.3 Å². The minimum Gasteiger partial charge on any atom is -0.493 e. The van der Waals surface area contributed by atoms with Gasteiger partial charge in [-0.1, -0.05) is 53.4 Å². The predicted molar refractivity (Wildman–Crippen MR) is 131 cm³/mol. The second-order valence-corrected chi connectivity index (χ2v) is 9.22. The first kappa shape index (κ1) is 24.5. The molecule has 0 spiro atoms. The van der Waals surface area contributed by atoms with Gasteiger partial charge in [0.1, 0.15) is 12.2 Å². The lowest BCUT2D eigenvalue weighted by Crippen LogP contribution is -2.58. The number of nitriles is 1. The average molecular weight is 538 g/mol. The van der Waals surface area contributed by atoms with Gasteiger partial charge in [-0.15, -0.1) is 0 Å². The van der Waals surface area contributed by atoms with E-state index >= 15 is 0 Å². The molecule has 1 heterocycles. The molecular formula is C26H24BrN3O5. The Bertz CT molecular complexity index is 1240. The molecule has 180 valence electrons. The molecule has 4 rings (SSSR count). The van der Waals surface area contributed by atoms with E-state index in [4.69, 9.17) is 9.47 Å². The number of carbonyl (C=O) groups is 3. The summed E-state index contributed by atoms with van der Waals surface area (Å²) < 4.78 is 11.9. The number of rotatable bonds is 6. The molecule has 1 saturated carbocycles. The average Bonchev–Trinajstić information content (AvgIpc) is 2.86. The Morgan fingerprint density at radius 2 is 1.89 bits per heavy atom. The summed E-state index contributed by atoms with van der Waals surface area (Å²) in [5.74, 6) is -0.512. The Morgan fingerprint density at radius 3 is 2.60 bits per heavy atom. The zero-order valence-electron chi connectivity index (χ0n) is 19.2. The maximum absolute atomic E-state index is 13.2. The minimum absolute atomic E-state index is 0.116. The molecular weight excluding hydrogens is 514 g/mol. The molecule has 1 aliphatic heterocycles. The normalized spacial score (nSPS) is 17.8. The van der Waals surface area contributed by atoms with Gasteiger partial charge in [-0.05, 0) is 42.7 Å². The van der Waals surface area contributed by atoms with Gasteiger partial charge >= 0.3 is 6.03 Å². The van der Waals surface area contributed by atoms with Crippen LogP contribution in [0.2, 0.25) is 0 Å². The molecule has 2 aliphatic rings. The van der Waals surface area contributed by atoms with Crippen LogP contribution in [0.25, 0.3) is 6.08 Å². The van der Waals surface area contributed by atoms with Crippen LogP contribution in [-0.2, 0) is 16.2 Å². The largest absolute Gasteiger partial charge is 0.493 e. The first-order chi connectivity index (χ1) is 16.9. The number of hydrogen-bond acceptors (Lipinski definition) is 6. The zero-order chi connectivity index (χ0) is 24.9. The highest BCUT2D eigenvalue weighted by Crippen LogP contribution is 2.36. The second-order valence-electron chi connectivity index (χ2n) is 8.37. The van der Waals surface area contributed by atoms with E-state index in [1.165, 1.54) is 18.1 Å². The summed E-state index contributed by atoms with van der Waals surface area (Å²) in [5.41, 5.74) is 1.65. The molecule has 0 radical (unpaired) electrons. The highest BCUT2D eigenvalue weighted by atomic mass is 79.9. The van der Waals surface area contributed by atoms with Crippen LogP contribution >= 0.6 is 15.9 Å². The molecule has 1 N–H and O–H groups in total. The molecule has 0 atom stereocenters. The van der Waals surface area contributed by atoms with Gasteiger partial charge in [0.15, 0.2) is 11.5 Å². The van der Waals surface area contributed by atoms with Gasteiger partial charge in [0.25, 0.3) is 11.8 Å². The van der Waals surface area contributed by atoms with Crippen LogP contribution in [0.15, 0.2) is 46.4 Å². The van der Waals surface area contributed by atoms with E-state index in [-0.39, 0.29) is 18.2 Å². The summed E-state index contributed by atoms with van der Waals surface area (Å²) in [6.07, 6.45) is 5.88. The van der Waals surface area contributed by atoms with E-state index in [1.54, 1.807) is 24.3 Å². The quantitative estimate of drug-likeness (QED) is 0.422. The fraction of sp³-hybridized carbons (Fsp3) is 0.308. The maximum Gasteiger partial charge on any atom is 0.331 e. The number of amides is 4. The molecule has 1 saturated heterocycles. The molecule has 35 heavy (non-hydrogen) atoms. The van der Waals surface area contributed by atoms with Crippen molar-refractivity contribution in [2.75, 3.05) is 7.11 Å². The topological polar surface area (TPSA) is 109 Å². The van der Waals surface area contributed by atoms with E-state index in [1.807, 2.05) is 12.1 Å². The Labute approximate surface area is 211 Å². The fourth-order valence-corrected chi connectivity index (χ4v) is 4.78. The Balaban J connectivity index is 1.61. The monoisotopic (exact) mass is 537 g/mol. The van der Waals surface area contributed by atoms with Crippen molar-refractivity contribution in [1.29, 1.82) is 5.26 Å². The Hall–Kier alpha value is -3.64. The lowest BCUT2D eigenvalue weighted by Gasteiger charge is -2.35. The summed E-state index contributed by atoms with van der Waals surface area (Å²) in [5, 5.41) is 11.6. The fourth-order valence-electron chi connectivity index (χ4n) is 4.34. The van der Waals surface area contributed by atoms with E-state index in [0.717, 1.165) is 37.7 Å². The highest BCUT2D eigenvalue weighted by Gasteiger charge is 2.40. The Kier molecular flexibility index (Phi) is 7.51. The summed E-state index contributed by atoms with van der Waals surface area (Å²) in [6, 6.07) is 11.7. The lowest BCUT2D eigenvalue weighted by molar-refractivity contribution is -0.132. The third-order valence-electron chi connectivity index (χ3n) is 6.18. The van der Waals surface area contributed by atoms with Gasteiger partial charge in [0.2, 0.25) is 0 Å². The molecule has 0 bridgehead atoms. The third kappa shape index (κ3) is 5.23. The van der Waals surface area contributed by atoms with E-state index in [0.29, 0.717) is 27.1 Å². The number of barbiturate groups is 1. The van der Waals surface area contributed by atoms with Crippen molar-refractivity contribution in [1.82, 2.24) is 10.2 Å². The number of ether oxygens (including phenoxy) is 2. The van der Waals surface area contributed by atoms with E-state index < -0.39 is 17.8 Å². The van der Waals surface area contributed by atoms with Gasteiger partial charge in [-0.2, -0.15) is 5.26 Å². The van der Waals surface area contributed by atoms with Gasteiger partial charge in [-0.25, -0.2) is 4.79 Å². The minimum atomic E-state index is -0.730. The van der Waals surface area contributed by atoms with E-state index in [9.17, 15) is 19.6 Å². The molecule has 4 amide bonds. The summed E-state index contributed by atoms with van der Waals surface area (Å²) in [7, 11) is 1.48. The maximum atomic E-state index is 13.2. The van der Waals surface area contributed by atoms with Crippen LogP contribution in [0.4, 0.5) is 4.79 Å². The van der Waals surface area contributed by atoms with Crippen LogP contribution in [0.3, 0.4) is 0 Å². The van der Waals surface area contributed by atoms with Crippen molar-refractivity contribution in [2.24, 2.45) is 0 Å². The van der Waals surface area contributed by atoms with Crippen LogP contribution in [0.5, 0.6) is 11.5 Å². The molecule has 9 heteroatoms. The van der Waals surface area contributed by atoms with Gasteiger partial charge in [0.05, 0.1) is 18.7 Å². The number of nitrogens with one attached hydrogen (secondary N) is 1. The number of imide groups is 2. The van der Waals surface area contributed by atoms with Gasteiger partial charge in [-0.3, -0.25) is 19.8 Å². The number of urea groups is 1. The predicted octanol–water partition coefficient (Wildman–Crippen LogP) is 4.70. The summed E-state index contributed by atoms with van der Waals surface area (Å²) in [6.45, 7) is 0.159. The molecule has 2 fully saturated rings. The standard InChI is InChI=1S/C26H24BrN3O5/c1-34-22-12-18(21(27)13-23(22)35-15-17-8-6-5-7-16(17)14-28)11-20-24(31)29-26(33)30(25(20)32)19-9-3-2-4-10-19/h5-8,11-13,19H,2-4,9-10,15H2,1H3,(H,29,31,33). The number of carbonyl (C=O) groups excluding carboxylic acids is 3. The van der Waals surface area contributed by atoms with Crippen LogP contribution in [0, 0.1) is 11.3 Å². The zero-order valence-corrected chi connectivity index (χ0v) is 20.8. The molecule has 0 unspecified atom stereocenters. The van der Waals surface area contributed by atoms with Gasteiger partial charge < -0.3 is 9.47 Å². The van der Waals surface area contributed by atoms with Crippen molar-refractivity contribution in [3.05, 3.63) is 63.1 Å². The Morgan fingerprint density at radius 1 is 1.14 bits per heavy atom. The molecule has 8 nitrogen and oxygen atoms in total. The SMILES string of the molecule is COc1cc(C=C2C(=O)NC(=O)N(C3CCCCC3)C2=O)c(Br)cc1OCc1ccccc1C#N. The number of hydrogen-bond donors (Lipinski definition) is 1. The van der Waals surface area contributed by atoms with Crippen molar-refractivity contribution < 1.29 is 23.9 Å². The summed E-state index contributed by atoms with van der Waals surface area (Å²) >= 11 is 3.48. The third-order valence-corrected chi connectivity index (χ3v) is 6.86. The molecule has 0 aromatic heterocycles. The smallest absolute Gasteiger partial charge is 0.331 e. The first-order valence-electron chi connectivity index (χ1n) is 11.3. The van der Waals surface area contributed by atoms with Crippen molar-refractivity contribution in [3.63, 3.8) is 0 Å². The lowest BCUT2D eigenvalue weighted by atomic mass is 9.93. The van der Waals surface area contributed by atoms with Crippen LogP contribution < -0.4 is 14.8 Å². The van der Waals surface area contributed by atoms with Crippen molar-refractivity contribution >= 4 is 39.9 Å².